The van der Waals surface area contributed by atoms with Gasteiger partial charge in [-0.2, -0.15) is 0 Å². The minimum atomic E-state index is -0.439. The van der Waals surface area contributed by atoms with Crippen molar-refractivity contribution in [1.82, 2.24) is 0 Å². The molecule has 0 aromatic heterocycles. The lowest BCUT2D eigenvalue weighted by molar-refractivity contribution is -0.116. The molecule has 104 valence electrons. The molecule has 3 nitrogen and oxygen atoms in total. The topological polar surface area (TPSA) is 41.1 Å². The van der Waals surface area contributed by atoms with Gasteiger partial charge in [-0.3, -0.25) is 4.79 Å². The summed E-state index contributed by atoms with van der Waals surface area (Å²) in [6.45, 7) is 1.76. The van der Waals surface area contributed by atoms with Crippen LogP contribution in [-0.4, -0.2) is 11.9 Å². The van der Waals surface area contributed by atoms with Gasteiger partial charge in [0.25, 0.3) is 0 Å². The largest absolute Gasteiger partial charge is 0.373 e. The van der Waals surface area contributed by atoms with Crippen LogP contribution in [0, 0.1) is 0 Å². The Morgan fingerprint density at radius 3 is 2.45 bits per heavy atom. The summed E-state index contributed by atoms with van der Waals surface area (Å²) in [6, 6.07) is 14.1. The quantitative estimate of drug-likeness (QED) is 0.877. The van der Waals surface area contributed by atoms with E-state index in [9.17, 15) is 4.79 Å². The number of anilines is 2. The maximum Gasteiger partial charge on any atom is 0.246 e. The van der Waals surface area contributed by atoms with Gasteiger partial charge < -0.3 is 10.6 Å². The maximum absolute atomic E-state index is 12.1. The monoisotopic (exact) mass is 308 g/mol. The predicted octanol–water partition coefficient (Wildman–Crippen LogP) is 4.43. The molecule has 0 fully saturated rings. The van der Waals surface area contributed by atoms with E-state index in [1.54, 1.807) is 25.1 Å². The first-order valence-corrected chi connectivity index (χ1v) is 6.90. The highest BCUT2D eigenvalue weighted by molar-refractivity contribution is 6.43. The molecule has 2 rings (SSSR count). The highest BCUT2D eigenvalue weighted by Gasteiger charge is 2.14. The van der Waals surface area contributed by atoms with Crippen molar-refractivity contribution in [3.8, 4) is 0 Å². The van der Waals surface area contributed by atoms with E-state index < -0.39 is 6.04 Å². The summed E-state index contributed by atoms with van der Waals surface area (Å²) in [7, 11) is 0. The molecule has 0 aliphatic rings. The summed E-state index contributed by atoms with van der Waals surface area (Å²) in [4.78, 5) is 12.1. The zero-order valence-electron chi connectivity index (χ0n) is 10.9. The molecule has 5 heteroatoms. The van der Waals surface area contributed by atoms with E-state index in [4.69, 9.17) is 23.2 Å². The fraction of sp³-hybridized carbons (Fsp3) is 0.133. The molecule has 2 aromatic rings. The van der Waals surface area contributed by atoms with E-state index in [0.29, 0.717) is 15.7 Å². The van der Waals surface area contributed by atoms with Crippen LogP contribution in [0.4, 0.5) is 11.4 Å². The van der Waals surface area contributed by atoms with Gasteiger partial charge in [0.2, 0.25) is 5.91 Å². The molecule has 0 heterocycles. The van der Waals surface area contributed by atoms with Crippen LogP contribution in [0.3, 0.4) is 0 Å². The van der Waals surface area contributed by atoms with Crippen molar-refractivity contribution < 1.29 is 4.79 Å². The van der Waals surface area contributed by atoms with Gasteiger partial charge in [-0.15, -0.1) is 0 Å². The Bertz CT molecular complexity index is 602. The lowest BCUT2D eigenvalue weighted by atomic mass is 10.2. The lowest BCUT2D eigenvalue weighted by Crippen LogP contribution is -2.31. The average molecular weight is 309 g/mol. The van der Waals surface area contributed by atoms with Gasteiger partial charge in [-0.25, -0.2) is 0 Å². The Labute approximate surface area is 127 Å². The molecular weight excluding hydrogens is 295 g/mol. The fourth-order valence-corrected chi connectivity index (χ4v) is 2.04. The van der Waals surface area contributed by atoms with Crippen LogP contribution in [0.1, 0.15) is 6.92 Å². The van der Waals surface area contributed by atoms with Crippen LogP contribution in [-0.2, 0) is 4.79 Å². The number of nitrogens with one attached hydrogen (secondary N) is 2. The second-order valence-electron chi connectivity index (χ2n) is 4.32. The Kier molecular flexibility index (Phi) is 4.88. The molecule has 0 radical (unpaired) electrons. The molecule has 1 unspecified atom stereocenters. The molecule has 2 N–H and O–H groups in total. The van der Waals surface area contributed by atoms with Crippen molar-refractivity contribution in [2.45, 2.75) is 13.0 Å². The summed E-state index contributed by atoms with van der Waals surface area (Å²) >= 11 is 12.0. The molecule has 0 saturated heterocycles. The highest BCUT2D eigenvalue weighted by Crippen LogP contribution is 2.29. The number of para-hydroxylation sites is 1. The minimum Gasteiger partial charge on any atom is -0.373 e. The first-order valence-electron chi connectivity index (χ1n) is 6.14. The third kappa shape index (κ3) is 3.65. The SMILES string of the molecule is CC(Nc1cccc(Cl)c1Cl)C(=O)Nc1ccccc1. The normalized spacial score (nSPS) is 11.8. The predicted molar refractivity (Wildman–Crippen MR) is 84.6 cm³/mol. The molecule has 1 atom stereocenters. The second-order valence-corrected chi connectivity index (χ2v) is 5.11. The van der Waals surface area contributed by atoms with Crippen molar-refractivity contribution in [2.75, 3.05) is 10.6 Å². The van der Waals surface area contributed by atoms with Crippen molar-refractivity contribution in [3.63, 3.8) is 0 Å². The van der Waals surface area contributed by atoms with Crippen LogP contribution >= 0.6 is 23.2 Å². The molecule has 2 aromatic carbocycles. The number of hydrogen-bond acceptors (Lipinski definition) is 2. The zero-order valence-corrected chi connectivity index (χ0v) is 12.4. The fourth-order valence-electron chi connectivity index (χ4n) is 1.69. The number of rotatable bonds is 4. The highest BCUT2D eigenvalue weighted by atomic mass is 35.5. The first-order chi connectivity index (χ1) is 9.58. The molecule has 0 aliphatic carbocycles. The second kappa shape index (κ2) is 6.64. The van der Waals surface area contributed by atoms with Gasteiger partial charge in [0, 0.05) is 5.69 Å². The standard InChI is InChI=1S/C15H14Cl2N2O/c1-10(15(20)19-11-6-3-2-4-7-11)18-13-9-5-8-12(16)14(13)17/h2-10,18H,1H3,(H,19,20). The Morgan fingerprint density at radius 2 is 1.75 bits per heavy atom. The summed E-state index contributed by atoms with van der Waals surface area (Å²) in [5.41, 5.74) is 1.39. The van der Waals surface area contributed by atoms with E-state index in [1.165, 1.54) is 0 Å². The average Bonchev–Trinajstić information content (AvgIpc) is 2.45. The van der Waals surface area contributed by atoms with Crippen LogP contribution in [0.2, 0.25) is 10.0 Å². The summed E-state index contributed by atoms with van der Waals surface area (Å²) in [5.74, 6) is -0.146. The molecule has 0 bridgehead atoms. The van der Waals surface area contributed by atoms with Crippen LogP contribution in [0.5, 0.6) is 0 Å². The summed E-state index contributed by atoms with van der Waals surface area (Å²) in [5, 5.41) is 6.72. The Hall–Kier alpha value is -1.71. The van der Waals surface area contributed by atoms with Gasteiger partial charge in [0.15, 0.2) is 0 Å². The smallest absolute Gasteiger partial charge is 0.246 e. The number of carbonyl (C=O) groups excluding carboxylic acids is 1. The number of amides is 1. The van der Waals surface area contributed by atoms with Gasteiger partial charge in [-0.1, -0.05) is 47.5 Å². The van der Waals surface area contributed by atoms with Gasteiger partial charge in [0.05, 0.1) is 15.7 Å². The number of halogens is 2. The molecule has 1 amide bonds. The van der Waals surface area contributed by atoms with Crippen molar-refractivity contribution in [1.29, 1.82) is 0 Å². The minimum absolute atomic E-state index is 0.146. The lowest BCUT2D eigenvalue weighted by Gasteiger charge is -2.16. The number of hydrogen-bond donors (Lipinski definition) is 2. The van der Waals surface area contributed by atoms with Crippen molar-refractivity contribution in [3.05, 3.63) is 58.6 Å². The molecule has 0 aliphatic heterocycles. The van der Waals surface area contributed by atoms with E-state index in [1.807, 2.05) is 30.3 Å². The van der Waals surface area contributed by atoms with Crippen molar-refractivity contribution in [2.24, 2.45) is 0 Å². The van der Waals surface area contributed by atoms with E-state index in [0.717, 1.165) is 5.69 Å². The molecular formula is C15H14Cl2N2O. The molecule has 0 spiro atoms. The Balaban J connectivity index is 2.03. The maximum atomic E-state index is 12.1. The van der Waals surface area contributed by atoms with Gasteiger partial charge >= 0.3 is 0 Å². The first kappa shape index (κ1) is 14.7. The third-order valence-corrected chi connectivity index (χ3v) is 3.58. The third-order valence-electron chi connectivity index (χ3n) is 2.76. The van der Waals surface area contributed by atoms with E-state index in [-0.39, 0.29) is 5.91 Å². The van der Waals surface area contributed by atoms with Crippen LogP contribution in [0.25, 0.3) is 0 Å². The van der Waals surface area contributed by atoms with Gasteiger partial charge in [-0.05, 0) is 31.2 Å². The van der Waals surface area contributed by atoms with E-state index in [2.05, 4.69) is 10.6 Å². The molecule has 20 heavy (non-hydrogen) atoms. The zero-order chi connectivity index (χ0) is 14.5. The summed E-state index contributed by atoms with van der Waals surface area (Å²) in [6.07, 6.45) is 0. The van der Waals surface area contributed by atoms with E-state index >= 15 is 0 Å². The van der Waals surface area contributed by atoms with Crippen molar-refractivity contribution >= 4 is 40.5 Å². The van der Waals surface area contributed by atoms with Crippen LogP contribution in [0.15, 0.2) is 48.5 Å². The van der Waals surface area contributed by atoms with Gasteiger partial charge in [0.1, 0.15) is 6.04 Å². The summed E-state index contributed by atoms with van der Waals surface area (Å²) < 4.78 is 0. The molecule has 0 saturated carbocycles. The number of benzene rings is 2. The number of carbonyl (C=O) groups is 1. The Morgan fingerprint density at radius 1 is 1.05 bits per heavy atom. The van der Waals surface area contributed by atoms with Crippen LogP contribution < -0.4 is 10.6 Å².